The molecule has 0 atom stereocenters. The maximum atomic E-state index is 12.9. The number of hydrogen-bond donors (Lipinski definition) is 1. The van der Waals surface area contributed by atoms with E-state index in [1.54, 1.807) is 0 Å². The van der Waals surface area contributed by atoms with E-state index in [1.165, 1.54) is 25.0 Å². The Labute approximate surface area is 209 Å². The first-order valence-corrected chi connectivity index (χ1v) is 12.3. The molecule has 2 aromatic rings. The van der Waals surface area contributed by atoms with Crippen molar-refractivity contribution in [2.24, 2.45) is 15.9 Å². The minimum absolute atomic E-state index is 0.00658. The van der Waals surface area contributed by atoms with Crippen LogP contribution in [-0.4, -0.2) is 28.7 Å². The van der Waals surface area contributed by atoms with Gasteiger partial charge in [-0.3, -0.25) is 9.98 Å². The van der Waals surface area contributed by atoms with Crippen molar-refractivity contribution in [3.8, 4) is 0 Å². The Balaban J connectivity index is 0.000000176. The zero-order valence-electron chi connectivity index (χ0n) is 20.3. The summed E-state index contributed by atoms with van der Waals surface area (Å²) in [6, 6.07) is 2.55. The molecule has 0 saturated heterocycles. The van der Waals surface area contributed by atoms with Gasteiger partial charge in [0.2, 0.25) is 0 Å². The van der Waals surface area contributed by atoms with Crippen LogP contribution in [0.2, 0.25) is 0 Å². The number of aryl methyl sites for hydroxylation is 2. The molecule has 0 radical (unpaired) electrons. The Hall–Kier alpha value is -3.50. The van der Waals surface area contributed by atoms with Crippen LogP contribution >= 0.6 is 0 Å². The fraction of sp³-hybridized carbons (Fsp3) is 0.500. The van der Waals surface area contributed by atoms with Crippen molar-refractivity contribution >= 4 is 17.4 Å². The van der Waals surface area contributed by atoms with Crippen LogP contribution in [0.1, 0.15) is 79.2 Å². The standard InChI is InChI=1S/C14H14F3NO2.C12H13NO4/c15-14(16,17)13-12-9(3-1-2-8-4-5-8)6-11(19)20-10(12)7-18-13;1-2-3-4-7-5-9(14)17-8-6-13-11(10(7)8)12(15)16/h6,8H,1-5,7H2;5H,2-4,6H2,1H3,(H,15,16). The van der Waals surface area contributed by atoms with E-state index < -0.39 is 29.1 Å². The van der Waals surface area contributed by atoms with Gasteiger partial charge < -0.3 is 13.9 Å². The SMILES string of the molecule is CCCCc1cc(=O)oc2c1C(C(=O)O)=NC2.O=c1cc(CCCC2CC2)c2c(o1)CN=C2C(F)(F)F. The van der Waals surface area contributed by atoms with Gasteiger partial charge in [0.15, 0.2) is 11.4 Å². The molecule has 0 amide bonds. The minimum Gasteiger partial charge on any atom is -0.477 e. The molecule has 3 aliphatic rings. The molecule has 1 saturated carbocycles. The lowest BCUT2D eigenvalue weighted by Crippen LogP contribution is -2.24. The number of aliphatic carboxylic acids is 1. The van der Waals surface area contributed by atoms with E-state index in [4.69, 9.17) is 13.9 Å². The molecule has 4 heterocycles. The molecule has 37 heavy (non-hydrogen) atoms. The first-order valence-electron chi connectivity index (χ1n) is 12.3. The molecule has 0 aromatic carbocycles. The van der Waals surface area contributed by atoms with Crippen molar-refractivity contribution in [1.82, 2.24) is 0 Å². The molecule has 8 nitrogen and oxygen atoms in total. The van der Waals surface area contributed by atoms with Crippen LogP contribution in [0.3, 0.4) is 0 Å². The van der Waals surface area contributed by atoms with Crippen LogP contribution in [0.5, 0.6) is 0 Å². The van der Waals surface area contributed by atoms with Crippen molar-refractivity contribution in [2.75, 3.05) is 0 Å². The second kappa shape index (κ2) is 10.9. The van der Waals surface area contributed by atoms with Gasteiger partial charge >= 0.3 is 23.4 Å². The van der Waals surface area contributed by atoms with Crippen molar-refractivity contribution in [3.63, 3.8) is 0 Å². The molecule has 2 aromatic heterocycles. The number of rotatable bonds is 8. The number of halogens is 3. The summed E-state index contributed by atoms with van der Waals surface area (Å²) < 4.78 is 48.6. The van der Waals surface area contributed by atoms with E-state index in [1.807, 2.05) is 6.92 Å². The molecule has 0 spiro atoms. The highest BCUT2D eigenvalue weighted by molar-refractivity contribution is 6.43. The molecule has 2 aliphatic heterocycles. The summed E-state index contributed by atoms with van der Waals surface area (Å²) in [5.74, 6) is 0.0709. The maximum absolute atomic E-state index is 12.9. The number of unbranched alkanes of at least 4 members (excludes halogenated alkanes) is 1. The van der Waals surface area contributed by atoms with Crippen LogP contribution < -0.4 is 11.3 Å². The molecule has 0 bridgehead atoms. The van der Waals surface area contributed by atoms with Crippen LogP contribution in [0, 0.1) is 5.92 Å². The Morgan fingerprint density at radius 2 is 1.54 bits per heavy atom. The summed E-state index contributed by atoms with van der Waals surface area (Å²) >= 11 is 0. The predicted octanol–water partition coefficient (Wildman–Crippen LogP) is 4.61. The number of alkyl halides is 3. The number of carbonyl (C=O) groups is 1. The Morgan fingerprint density at radius 1 is 0.973 bits per heavy atom. The van der Waals surface area contributed by atoms with E-state index in [0.717, 1.165) is 37.2 Å². The minimum atomic E-state index is -4.50. The van der Waals surface area contributed by atoms with Crippen molar-refractivity contribution in [3.05, 3.63) is 66.7 Å². The van der Waals surface area contributed by atoms with Crippen LogP contribution in [0.25, 0.3) is 0 Å². The summed E-state index contributed by atoms with van der Waals surface area (Å²) in [7, 11) is 0. The highest BCUT2D eigenvalue weighted by atomic mass is 19.4. The van der Waals surface area contributed by atoms with E-state index >= 15 is 0 Å². The molecule has 1 aliphatic carbocycles. The van der Waals surface area contributed by atoms with Crippen LogP contribution in [-0.2, 0) is 30.7 Å². The number of carboxylic acids is 1. The second-order valence-electron chi connectivity index (χ2n) is 9.35. The number of carboxylic acid groups (broad SMARTS) is 1. The largest absolute Gasteiger partial charge is 0.477 e. The van der Waals surface area contributed by atoms with E-state index in [2.05, 4.69) is 9.98 Å². The maximum Gasteiger partial charge on any atom is 0.433 e. The lowest BCUT2D eigenvalue weighted by molar-refractivity contribution is -0.129. The lowest BCUT2D eigenvalue weighted by Gasteiger charge is -2.11. The van der Waals surface area contributed by atoms with Gasteiger partial charge in [0, 0.05) is 17.7 Å². The Morgan fingerprint density at radius 3 is 2.11 bits per heavy atom. The number of hydrogen-bond acceptors (Lipinski definition) is 7. The normalized spacial score (nSPS) is 15.9. The van der Waals surface area contributed by atoms with E-state index in [-0.39, 0.29) is 30.1 Å². The Kier molecular flexibility index (Phi) is 7.79. The first kappa shape index (κ1) is 26.6. The fourth-order valence-corrected chi connectivity index (χ4v) is 4.60. The smallest absolute Gasteiger partial charge is 0.433 e. The third-order valence-corrected chi connectivity index (χ3v) is 6.49. The molecule has 1 fully saturated rings. The van der Waals surface area contributed by atoms with Crippen molar-refractivity contribution < 1.29 is 31.9 Å². The Bertz CT molecular complexity index is 1370. The van der Waals surface area contributed by atoms with Gasteiger partial charge in [-0.05, 0) is 42.7 Å². The number of nitrogens with zero attached hydrogens (tertiary/aromatic N) is 2. The third-order valence-electron chi connectivity index (χ3n) is 6.49. The molecule has 5 rings (SSSR count). The molecular weight excluding hydrogens is 493 g/mol. The van der Waals surface area contributed by atoms with Gasteiger partial charge in [-0.25, -0.2) is 14.4 Å². The van der Waals surface area contributed by atoms with Crippen LogP contribution in [0.15, 0.2) is 40.5 Å². The highest BCUT2D eigenvalue weighted by Crippen LogP contribution is 2.35. The summed E-state index contributed by atoms with van der Waals surface area (Å²) in [5, 5.41) is 9.03. The monoisotopic (exact) mass is 520 g/mol. The number of fused-ring (bicyclic) bond motifs is 2. The summed E-state index contributed by atoms with van der Waals surface area (Å²) in [4.78, 5) is 41.2. The van der Waals surface area contributed by atoms with Gasteiger partial charge in [-0.1, -0.05) is 32.6 Å². The van der Waals surface area contributed by atoms with Gasteiger partial charge in [-0.2, -0.15) is 13.2 Å². The van der Waals surface area contributed by atoms with Gasteiger partial charge in [0.25, 0.3) is 0 Å². The van der Waals surface area contributed by atoms with Crippen LogP contribution in [0.4, 0.5) is 13.2 Å². The van der Waals surface area contributed by atoms with E-state index in [0.29, 0.717) is 29.7 Å². The molecule has 1 N–H and O–H groups in total. The van der Waals surface area contributed by atoms with Gasteiger partial charge in [0.05, 0.1) is 18.7 Å². The van der Waals surface area contributed by atoms with Crippen molar-refractivity contribution in [2.45, 2.75) is 77.6 Å². The molecule has 198 valence electrons. The van der Waals surface area contributed by atoms with Gasteiger partial charge in [0.1, 0.15) is 11.5 Å². The zero-order valence-corrected chi connectivity index (χ0v) is 20.3. The predicted molar refractivity (Wildman–Crippen MR) is 128 cm³/mol. The average Bonchev–Trinajstić information content (AvgIpc) is 3.36. The molecule has 0 unspecified atom stereocenters. The van der Waals surface area contributed by atoms with E-state index in [9.17, 15) is 27.6 Å². The fourth-order valence-electron chi connectivity index (χ4n) is 4.60. The number of aliphatic imine (C=N–C) groups is 2. The second-order valence-corrected chi connectivity index (χ2v) is 9.35. The first-order chi connectivity index (χ1) is 17.6. The zero-order chi connectivity index (χ0) is 26.7. The van der Waals surface area contributed by atoms with Gasteiger partial charge in [-0.15, -0.1) is 0 Å². The molecular formula is C26H27F3N2O6. The average molecular weight is 521 g/mol. The summed E-state index contributed by atoms with van der Waals surface area (Å²) in [5.41, 5.74) is -0.270. The molecule has 11 heteroatoms. The topological polar surface area (TPSA) is 122 Å². The summed E-state index contributed by atoms with van der Waals surface area (Å²) in [6.07, 6.45) is 2.76. The highest BCUT2D eigenvalue weighted by Gasteiger charge is 2.42. The lowest BCUT2D eigenvalue weighted by atomic mass is 9.98. The summed E-state index contributed by atoms with van der Waals surface area (Å²) in [6.45, 7) is 1.99. The van der Waals surface area contributed by atoms with Crippen molar-refractivity contribution in [1.29, 1.82) is 0 Å². The third kappa shape index (κ3) is 6.26. The quantitative estimate of drug-likeness (QED) is 0.543.